The molecule has 0 unspecified atom stereocenters. The summed E-state index contributed by atoms with van der Waals surface area (Å²) in [6, 6.07) is 17.7. The Kier molecular flexibility index (Phi) is 5.02. The second kappa shape index (κ2) is 7.47. The molecule has 1 heterocycles. The lowest BCUT2D eigenvalue weighted by Crippen LogP contribution is -2.22. The van der Waals surface area contributed by atoms with Crippen molar-refractivity contribution in [2.24, 2.45) is 0 Å². The predicted molar refractivity (Wildman–Crippen MR) is 114 cm³/mol. The van der Waals surface area contributed by atoms with Gasteiger partial charge in [0.05, 0.1) is 33.9 Å². The quantitative estimate of drug-likeness (QED) is 0.398. The second-order valence-electron chi connectivity index (χ2n) is 6.06. The highest BCUT2D eigenvalue weighted by molar-refractivity contribution is 6.36. The number of halogens is 3. The van der Waals surface area contributed by atoms with E-state index in [-0.39, 0.29) is 10.6 Å². The second-order valence-corrected chi connectivity index (χ2v) is 7.31. The van der Waals surface area contributed by atoms with Crippen molar-refractivity contribution in [1.82, 2.24) is 9.78 Å². The molecule has 0 amide bonds. The molecule has 0 bridgehead atoms. The Morgan fingerprint density at radius 3 is 2.25 bits per heavy atom. The molecule has 0 aliphatic heterocycles. The van der Waals surface area contributed by atoms with Gasteiger partial charge in [-0.3, -0.25) is 4.79 Å². The molecule has 4 aromatic rings. The Labute approximate surface area is 175 Å². The highest BCUT2D eigenvalue weighted by Gasteiger charge is 2.17. The van der Waals surface area contributed by atoms with Crippen molar-refractivity contribution in [3.8, 4) is 22.7 Å². The summed E-state index contributed by atoms with van der Waals surface area (Å²) in [6.07, 6.45) is 0. The smallest absolute Gasteiger partial charge is 0.279 e. The van der Waals surface area contributed by atoms with Crippen LogP contribution in [0.15, 0.2) is 65.5 Å². The first-order valence-electron chi connectivity index (χ1n) is 8.31. The van der Waals surface area contributed by atoms with Crippen LogP contribution in [0.3, 0.4) is 0 Å². The van der Waals surface area contributed by atoms with Crippen molar-refractivity contribution in [1.29, 1.82) is 0 Å². The predicted octanol–water partition coefficient (Wildman–Crippen LogP) is 6.02. The zero-order valence-corrected chi connectivity index (χ0v) is 16.9. The van der Waals surface area contributed by atoms with Crippen molar-refractivity contribution < 1.29 is 4.74 Å². The van der Waals surface area contributed by atoms with E-state index in [0.717, 1.165) is 10.9 Å². The third kappa shape index (κ3) is 3.24. The molecule has 0 saturated heterocycles. The minimum absolute atomic E-state index is 0.290. The topological polar surface area (TPSA) is 44.1 Å². The maximum Gasteiger partial charge on any atom is 0.279 e. The Morgan fingerprint density at radius 2 is 1.57 bits per heavy atom. The van der Waals surface area contributed by atoms with Gasteiger partial charge in [0.15, 0.2) is 0 Å². The Hall–Kier alpha value is -2.53. The first kappa shape index (κ1) is 18.8. The fourth-order valence-corrected chi connectivity index (χ4v) is 3.68. The van der Waals surface area contributed by atoms with Crippen LogP contribution in [0.2, 0.25) is 15.1 Å². The van der Waals surface area contributed by atoms with E-state index in [1.165, 1.54) is 17.9 Å². The van der Waals surface area contributed by atoms with Crippen LogP contribution < -0.4 is 10.3 Å². The number of aromatic nitrogens is 2. The molecule has 0 spiro atoms. The minimum atomic E-state index is -0.292. The molecule has 0 aliphatic carbocycles. The van der Waals surface area contributed by atoms with Gasteiger partial charge in [-0.05, 0) is 24.3 Å². The summed E-state index contributed by atoms with van der Waals surface area (Å²) in [6.45, 7) is 0. The van der Waals surface area contributed by atoms with Crippen LogP contribution in [0.5, 0.6) is 5.75 Å². The molecular weight excluding hydrogens is 419 g/mol. The molecule has 28 heavy (non-hydrogen) atoms. The first-order valence-corrected chi connectivity index (χ1v) is 9.44. The number of rotatable bonds is 3. The van der Waals surface area contributed by atoms with Gasteiger partial charge < -0.3 is 4.74 Å². The van der Waals surface area contributed by atoms with Crippen LogP contribution in [0.25, 0.3) is 27.7 Å². The standard InChI is InChI=1S/C21H13Cl3N2O2/c1-28-19-11-18(16(23)10-17(19)24)26-21(27)15-5-3-2-4-14(15)20(25-26)12-6-8-13(22)9-7-12/h2-11H,1H3. The van der Waals surface area contributed by atoms with Crippen molar-refractivity contribution in [3.63, 3.8) is 0 Å². The van der Waals surface area contributed by atoms with E-state index >= 15 is 0 Å². The molecule has 3 aromatic carbocycles. The molecule has 0 aliphatic rings. The number of ether oxygens (including phenoxy) is 1. The lowest BCUT2D eigenvalue weighted by atomic mass is 10.1. The molecule has 0 saturated carbocycles. The average Bonchev–Trinajstić information content (AvgIpc) is 2.70. The summed E-state index contributed by atoms with van der Waals surface area (Å²) >= 11 is 18.5. The maximum absolute atomic E-state index is 13.2. The number of fused-ring (bicyclic) bond motifs is 1. The number of hydrogen-bond acceptors (Lipinski definition) is 3. The first-order chi connectivity index (χ1) is 13.5. The van der Waals surface area contributed by atoms with E-state index in [1.807, 2.05) is 30.3 Å². The van der Waals surface area contributed by atoms with Crippen LogP contribution in [0, 0.1) is 0 Å². The van der Waals surface area contributed by atoms with Crippen LogP contribution in [0.1, 0.15) is 0 Å². The Balaban J connectivity index is 2.07. The van der Waals surface area contributed by atoms with E-state index in [4.69, 9.17) is 39.5 Å². The number of hydrogen-bond donors (Lipinski definition) is 0. The van der Waals surface area contributed by atoms with Gasteiger partial charge in [-0.2, -0.15) is 9.78 Å². The molecule has 0 N–H and O–H groups in total. The highest BCUT2D eigenvalue weighted by atomic mass is 35.5. The lowest BCUT2D eigenvalue weighted by Gasteiger charge is -2.14. The number of methoxy groups -OCH3 is 1. The molecule has 0 atom stereocenters. The van der Waals surface area contributed by atoms with Crippen molar-refractivity contribution in [3.05, 3.63) is 86.1 Å². The van der Waals surface area contributed by atoms with Gasteiger partial charge in [-0.15, -0.1) is 0 Å². The van der Waals surface area contributed by atoms with Gasteiger partial charge in [0.2, 0.25) is 0 Å². The highest BCUT2D eigenvalue weighted by Crippen LogP contribution is 2.33. The van der Waals surface area contributed by atoms with Gasteiger partial charge in [-0.25, -0.2) is 0 Å². The zero-order valence-electron chi connectivity index (χ0n) is 14.6. The largest absolute Gasteiger partial charge is 0.495 e. The van der Waals surface area contributed by atoms with Crippen molar-refractivity contribution in [2.75, 3.05) is 7.11 Å². The monoisotopic (exact) mass is 430 g/mol. The van der Waals surface area contributed by atoms with Crippen LogP contribution in [-0.2, 0) is 0 Å². The summed E-state index contributed by atoms with van der Waals surface area (Å²) in [4.78, 5) is 13.2. The normalized spacial score (nSPS) is 11.0. The van der Waals surface area contributed by atoms with E-state index in [9.17, 15) is 4.79 Å². The van der Waals surface area contributed by atoms with Crippen molar-refractivity contribution >= 4 is 45.6 Å². The van der Waals surface area contributed by atoms with Gasteiger partial charge in [0.1, 0.15) is 5.75 Å². The van der Waals surface area contributed by atoms with Crippen molar-refractivity contribution in [2.45, 2.75) is 0 Å². The van der Waals surface area contributed by atoms with Crippen LogP contribution in [0.4, 0.5) is 0 Å². The summed E-state index contributed by atoms with van der Waals surface area (Å²) in [5.74, 6) is 0.399. The molecule has 0 fully saturated rings. The number of benzene rings is 3. The molecule has 0 radical (unpaired) electrons. The molecule has 4 nitrogen and oxygen atoms in total. The average molecular weight is 432 g/mol. The molecule has 1 aromatic heterocycles. The molecule has 7 heteroatoms. The third-order valence-corrected chi connectivity index (χ3v) is 5.22. The van der Waals surface area contributed by atoms with Gasteiger partial charge in [-0.1, -0.05) is 65.1 Å². The van der Waals surface area contributed by atoms with Crippen LogP contribution in [-0.4, -0.2) is 16.9 Å². The van der Waals surface area contributed by atoms with Gasteiger partial charge in [0, 0.05) is 22.0 Å². The van der Waals surface area contributed by atoms with E-state index in [1.54, 1.807) is 24.3 Å². The summed E-state index contributed by atoms with van der Waals surface area (Å²) in [7, 11) is 1.49. The van der Waals surface area contributed by atoms with E-state index < -0.39 is 0 Å². The van der Waals surface area contributed by atoms with E-state index in [2.05, 4.69) is 5.10 Å². The maximum atomic E-state index is 13.2. The summed E-state index contributed by atoms with van der Waals surface area (Å²) in [5, 5.41) is 7.13. The molecular formula is C21H13Cl3N2O2. The zero-order chi connectivity index (χ0) is 19.8. The molecule has 4 rings (SSSR count). The van der Waals surface area contributed by atoms with E-state index in [0.29, 0.717) is 32.6 Å². The third-order valence-electron chi connectivity index (χ3n) is 4.37. The Bertz CT molecular complexity index is 1250. The lowest BCUT2D eigenvalue weighted by molar-refractivity contribution is 0.414. The fraction of sp³-hybridized carbons (Fsp3) is 0.0476. The van der Waals surface area contributed by atoms with Gasteiger partial charge in [0.25, 0.3) is 5.56 Å². The number of nitrogens with zero attached hydrogens (tertiary/aromatic N) is 2. The molecule has 140 valence electrons. The fourth-order valence-electron chi connectivity index (χ4n) is 3.01. The van der Waals surface area contributed by atoms with Gasteiger partial charge >= 0.3 is 0 Å². The summed E-state index contributed by atoms with van der Waals surface area (Å²) in [5.41, 5.74) is 1.55. The SMILES string of the molecule is COc1cc(-n2nc(-c3ccc(Cl)cc3)c3ccccc3c2=O)c(Cl)cc1Cl. The Morgan fingerprint density at radius 1 is 0.893 bits per heavy atom. The van der Waals surface area contributed by atoms with Crippen LogP contribution >= 0.6 is 34.8 Å². The summed E-state index contributed by atoms with van der Waals surface area (Å²) < 4.78 is 6.54. The minimum Gasteiger partial charge on any atom is -0.495 e.